The summed E-state index contributed by atoms with van der Waals surface area (Å²) in [7, 11) is 0. The largest absolute Gasteiger partial charge is 0.454 e. The first-order valence-corrected chi connectivity index (χ1v) is 8.98. The summed E-state index contributed by atoms with van der Waals surface area (Å²) in [5, 5.41) is 15.7. The van der Waals surface area contributed by atoms with Gasteiger partial charge in [0.05, 0.1) is 13.2 Å². The number of rotatable bonds is 7. The van der Waals surface area contributed by atoms with Crippen LogP contribution in [0, 0.1) is 5.82 Å². The second-order valence-electron chi connectivity index (χ2n) is 6.14. The Bertz CT molecular complexity index is 817. The van der Waals surface area contributed by atoms with Gasteiger partial charge in [-0.15, -0.1) is 24.0 Å². The lowest BCUT2D eigenvalue weighted by Crippen LogP contribution is -2.38. The first-order chi connectivity index (χ1) is 13.2. The number of nitrogens with one attached hydrogen (secondary N) is 2. The maximum atomic E-state index is 13.5. The summed E-state index contributed by atoms with van der Waals surface area (Å²) >= 11 is 0. The van der Waals surface area contributed by atoms with Crippen LogP contribution in [0.5, 0.6) is 11.5 Å². The van der Waals surface area contributed by atoms with Crippen LogP contribution in [0.2, 0.25) is 0 Å². The zero-order valence-corrected chi connectivity index (χ0v) is 18.0. The van der Waals surface area contributed by atoms with Gasteiger partial charge in [0.2, 0.25) is 6.79 Å². The number of hydrogen-bond acceptors (Lipinski definition) is 4. The molecule has 0 atom stereocenters. The van der Waals surface area contributed by atoms with Gasteiger partial charge in [-0.25, -0.2) is 9.38 Å². The van der Waals surface area contributed by atoms with Crippen molar-refractivity contribution in [1.82, 2.24) is 10.6 Å². The Balaban J connectivity index is 0.00000280. The molecular weight excluding hydrogens is 476 g/mol. The lowest BCUT2D eigenvalue weighted by molar-refractivity contribution is 0.174. The van der Waals surface area contributed by atoms with Gasteiger partial charge in [0.25, 0.3) is 0 Å². The molecule has 0 bridgehead atoms. The fraction of sp³-hybridized carbons (Fsp3) is 0.350. The van der Waals surface area contributed by atoms with Gasteiger partial charge in [0.1, 0.15) is 5.82 Å². The van der Waals surface area contributed by atoms with Crippen molar-refractivity contribution < 1.29 is 19.0 Å². The standard InChI is InChI=1S/C20H24FN3O3.HI/c1-2-22-20(24-11-15-3-5-17(21)16(9-15)12-25)23-8-7-14-4-6-18-19(10-14)27-13-26-18;/h3-6,9-10,25H,2,7-8,11-13H2,1H3,(H2,22,23,24);1H. The molecule has 2 aromatic carbocycles. The van der Waals surface area contributed by atoms with Gasteiger partial charge in [-0.05, 0) is 48.7 Å². The number of fused-ring (bicyclic) bond motifs is 1. The van der Waals surface area contributed by atoms with Gasteiger partial charge in [0.15, 0.2) is 17.5 Å². The van der Waals surface area contributed by atoms with Crippen molar-refractivity contribution in [1.29, 1.82) is 0 Å². The molecule has 0 radical (unpaired) electrons. The normalized spacial score (nSPS) is 12.5. The molecule has 0 saturated heterocycles. The van der Waals surface area contributed by atoms with Gasteiger partial charge < -0.3 is 25.2 Å². The molecule has 8 heteroatoms. The number of aliphatic hydroxyl groups is 1. The Kier molecular flexibility index (Phi) is 8.78. The van der Waals surface area contributed by atoms with Crippen molar-refractivity contribution in [3.63, 3.8) is 0 Å². The average molecular weight is 501 g/mol. The van der Waals surface area contributed by atoms with Crippen LogP contribution in [0.4, 0.5) is 4.39 Å². The molecule has 0 spiro atoms. The number of halogens is 2. The lowest BCUT2D eigenvalue weighted by Gasteiger charge is -2.12. The summed E-state index contributed by atoms with van der Waals surface area (Å²) in [4.78, 5) is 4.52. The van der Waals surface area contributed by atoms with Crippen molar-refractivity contribution in [2.45, 2.75) is 26.5 Å². The van der Waals surface area contributed by atoms with Crippen molar-refractivity contribution >= 4 is 29.9 Å². The zero-order valence-electron chi connectivity index (χ0n) is 15.7. The van der Waals surface area contributed by atoms with Crippen molar-refractivity contribution in [3.05, 3.63) is 58.9 Å². The molecular formula is C20H25FIN3O3. The van der Waals surface area contributed by atoms with E-state index in [1.54, 1.807) is 12.1 Å². The third-order valence-electron chi connectivity index (χ3n) is 4.19. The van der Waals surface area contributed by atoms with Crippen LogP contribution in [0.3, 0.4) is 0 Å². The molecule has 0 amide bonds. The second kappa shape index (κ2) is 11.1. The Morgan fingerprint density at radius 3 is 2.68 bits per heavy atom. The van der Waals surface area contributed by atoms with Gasteiger partial charge in [-0.3, -0.25) is 0 Å². The SMILES string of the molecule is CCNC(=NCc1ccc(F)c(CO)c1)NCCc1ccc2c(c1)OCO2.I. The number of aliphatic hydroxyl groups excluding tert-OH is 1. The quantitative estimate of drug-likeness (QED) is 0.309. The topological polar surface area (TPSA) is 75.1 Å². The van der Waals surface area contributed by atoms with Crippen molar-refractivity contribution in [2.75, 3.05) is 19.9 Å². The van der Waals surface area contributed by atoms with Crippen molar-refractivity contribution in [3.8, 4) is 11.5 Å². The predicted octanol–water partition coefficient (Wildman–Crippen LogP) is 2.96. The van der Waals surface area contributed by atoms with Gasteiger partial charge in [0, 0.05) is 18.7 Å². The Hall–Kier alpha value is -2.07. The lowest BCUT2D eigenvalue weighted by atomic mass is 10.1. The third kappa shape index (κ3) is 5.96. The van der Waals surface area contributed by atoms with E-state index in [0.29, 0.717) is 19.0 Å². The van der Waals surface area contributed by atoms with E-state index in [0.717, 1.165) is 35.6 Å². The number of ether oxygens (including phenoxy) is 2. The number of hydrogen-bond donors (Lipinski definition) is 3. The highest BCUT2D eigenvalue weighted by Gasteiger charge is 2.13. The third-order valence-corrected chi connectivity index (χ3v) is 4.19. The molecule has 1 aliphatic rings. The number of aliphatic imine (C=N–C) groups is 1. The summed E-state index contributed by atoms with van der Waals surface area (Å²) in [5.41, 5.74) is 2.27. The number of nitrogens with zero attached hydrogens (tertiary/aromatic N) is 1. The fourth-order valence-corrected chi connectivity index (χ4v) is 2.78. The first kappa shape index (κ1) is 22.2. The van der Waals surface area contributed by atoms with E-state index in [2.05, 4.69) is 15.6 Å². The number of benzene rings is 2. The molecule has 3 rings (SSSR count). The maximum absolute atomic E-state index is 13.5. The van der Waals surface area contributed by atoms with Gasteiger partial charge >= 0.3 is 0 Å². The minimum Gasteiger partial charge on any atom is -0.454 e. The van der Waals surface area contributed by atoms with Crippen LogP contribution in [0.15, 0.2) is 41.4 Å². The smallest absolute Gasteiger partial charge is 0.231 e. The minimum absolute atomic E-state index is 0. The first-order valence-electron chi connectivity index (χ1n) is 8.98. The molecule has 6 nitrogen and oxygen atoms in total. The van der Waals surface area contributed by atoms with Crippen LogP contribution in [0.25, 0.3) is 0 Å². The van der Waals surface area contributed by atoms with E-state index >= 15 is 0 Å². The Morgan fingerprint density at radius 2 is 1.89 bits per heavy atom. The van der Waals surface area contributed by atoms with Gasteiger partial charge in [-0.2, -0.15) is 0 Å². The molecule has 0 aromatic heterocycles. The molecule has 0 aliphatic carbocycles. The molecule has 3 N–H and O–H groups in total. The Labute approximate surface area is 181 Å². The number of guanidine groups is 1. The van der Waals surface area contributed by atoms with E-state index < -0.39 is 5.82 Å². The zero-order chi connectivity index (χ0) is 19.1. The molecule has 1 aliphatic heterocycles. The highest BCUT2D eigenvalue weighted by atomic mass is 127. The summed E-state index contributed by atoms with van der Waals surface area (Å²) in [5.74, 6) is 1.85. The van der Waals surface area contributed by atoms with E-state index in [1.807, 2.05) is 25.1 Å². The molecule has 152 valence electrons. The minimum atomic E-state index is -0.404. The van der Waals surface area contributed by atoms with E-state index in [1.165, 1.54) is 6.07 Å². The molecule has 2 aromatic rings. The Morgan fingerprint density at radius 1 is 1.11 bits per heavy atom. The second-order valence-corrected chi connectivity index (χ2v) is 6.14. The van der Waals surface area contributed by atoms with Crippen LogP contribution in [0.1, 0.15) is 23.6 Å². The average Bonchev–Trinajstić information content (AvgIpc) is 3.15. The van der Waals surface area contributed by atoms with Crippen LogP contribution < -0.4 is 20.1 Å². The molecule has 0 fully saturated rings. The van der Waals surface area contributed by atoms with Crippen LogP contribution in [-0.4, -0.2) is 30.9 Å². The maximum Gasteiger partial charge on any atom is 0.231 e. The van der Waals surface area contributed by atoms with E-state index in [-0.39, 0.29) is 42.9 Å². The predicted molar refractivity (Wildman–Crippen MR) is 117 cm³/mol. The summed E-state index contributed by atoms with van der Waals surface area (Å²) in [6, 6.07) is 10.6. The van der Waals surface area contributed by atoms with Crippen LogP contribution in [-0.2, 0) is 19.6 Å². The van der Waals surface area contributed by atoms with E-state index in [4.69, 9.17) is 9.47 Å². The van der Waals surface area contributed by atoms with Gasteiger partial charge in [-0.1, -0.05) is 12.1 Å². The summed E-state index contributed by atoms with van der Waals surface area (Å²) in [6.07, 6.45) is 0.812. The molecule has 0 unspecified atom stereocenters. The highest BCUT2D eigenvalue weighted by molar-refractivity contribution is 14.0. The fourth-order valence-electron chi connectivity index (χ4n) is 2.78. The molecule has 28 heavy (non-hydrogen) atoms. The summed E-state index contributed by atoms with van der Waals surface area (Å²) < 4.78 is 24.2. The molecule has 0 saturated carbocycles. The van der Waals surface area contributed by atoms with E-state index in [9.17, 15) is 9.50 Å². The van der Waals surface area contributed by atoms with Crippen molar-refractivity contribution in [2.24, 2.45) is 4.99 Å². The molecule has 1 heterocycles. The highest BCUT2D eigenvalue weighted by Crippen LogP contribution is 2.32. The monoisotopic (exact) mass is 501 g/mol. The van der Waals surface area contributed by atoms with Crippen LogP contribution >= 0.6 is 24.0 Å². The summed E-state index contributed by atoms with van der Waals surface area (Å²) in [6.45, 7) is 3.79.